The van der Waals surface area contributed by atoms with Gasteiger partial charge in [-0.1, -0.05) is 35.9 Å². The highest BCUT2D eigenvalue weighted by molar-refractivity contribution is 7.94. The molecule has 11 rings (SSSR count). The van der Waals surface area contributed by atoms with Crippen LogP contribution in [0.5, 0.6) is 11.5 Å². The number of benzene rings is 5. The minimum absolute atomic E-state index is 0.0189. The Bertz CT molecular complexity index is 3180. The molecule has 0 spiro atoms. The molecule has 0 unspecified atom stereocenters. The van der Waals surface area contributed by atoms with Crippen LogP contribution in [0.3, 0.4) is 0 Å². The van der Waals surface area contributed by atoms with Crippen LogP contribution in [-0.4, -0.2) is 66.8 Å². The number of aryl methyl sites for hydroxylation is 4. The largest absolute Gasteiger partial charge is 0.545 e. The highest BCUT2D eigenvalue weighted by Crippen LogP contribution is 2.49. The third-order valence-electron chi connectivity index (χ3n) is 14.2. The molecule has 1 aromatic heterocycles. The van der Waals surface area contributed by atoms with Gasteiger partial charge in [-0.05, 0) is 111 Å². The second-order valence-electron chi connectivity index (χ2n) is 18.5. The predicted octanol–water partition coefficient (Wildman–Crippen LogP) is 4.95. The lowest BCUT2D eigenvalue weighted by Gasteiger charge is -2.39. The molecule has 0 atom stereocenters. The molecule has 0 bridgehead atoms. The van der Waals surface area contributed by atoms with Crippen LogP contribution in [0, 0.1) is 6.92 Å². The molecule has 0 aliphatic carbocycles. The maximum atomic E-state index is 14.0. The van der Waals surface area contributed by atoms with E-state index in [2.05, 4.69) is 49.4 Å². The number of carboxylic acids is 1. The molecule has 6 heterocycles. The number of aromatic carboxylic acids is 1. The van der Waals surface area contributed by atoms with Gasteiger partial charge in [0.25, 0.3) is 5.91 Å². The van der Waals surface area contributed by atoms with E-state index in [4.69, 9.17) is 20.1 Å². The molecule has 4 N–H and O–H groups in total. The summed E-state index contributed by atoms with van der Waals surface area (Å²) >= 11 is 0.993. The molecular weight excluding hydrogens is 891 g/mol. The van der Waals surface area contributed by atoms with Gasteiger partial charge in [0.1, 0.15) is 24.6 Å². The van der Waals surface area contributed by atoms with Crippen molar-refractivity contribution in [3.8, 4) is 28.4 Å². The Balaban J connectivity index is 0.837. The molecule has 0 fully saturated rings. The van der Waals surface area contributed by atoms with Gasteiger partial charge in [0.2, 0.25) is 11.3 Å². The second kappa shape index (κ2) is 19.0. The Morgan fingerprint density at radius 1 is 0.826 bits per heavy atom. The molecule has 0 saturated heterocycles. The molecule has 69 heavy (non-hydrogen) atoms. The normalized spacial score (nSPS) is 15.4. The van der Waals surface area contributed by atoms with Crippen LogP contribution >= 0.6 is 12.0 Å². The summed E-state index contributed by atoms with van der Waals surface area (Å²) in [7, 11) is 0. The van der Waals surface area contributed by atoms with Crippen molar-refractivity contribution in [2.75, 3.05) is 44.2 Å². The summed E-state index contributed by atoms with van der Waals surface area (Å²) in [5.74, 6) is 4.74. The summed E-state index contributed by atoms with van der Waals surface area (Å²) in [6.07, 6.45) is 8.33. The maximum absolute atomic E-state index is 14.0. The van der Waals surface area contributed by atoms with Gasteiger partial charge in [-0.3, -0.25) is 9.59 Å². The molecule has 0 radical (unpaired) electrons. The zero-order valence-electron chi connectivity index (χ0n) is 38.5. The van der Waals surface area contributed by atoms with Crippen LogP contribution in [0.2, 0.25) is 0 Å². The van der Waals surface area contributed by atoms with Crippen molar-refractivity contribution in [2.24, 2.45) is 5.90 Å². The fraction of sp³-hybridized carbons (Fsp3) is 0.315. The van der Waals surface area contributed by atoms with Crippen LogP contribution in [0.1, 0.15) is 97.5 Å². The van der Waals surface area contributed by atoms with E-state index >= 15 is 0 Å². The molecule has 5 aliphatic rings. The van der Waals surface area contributed by atoms with E-state index in [1.165, 1.54) is 45.4 Å². The minimum atomic E-state index is -1.31. The molecule has 14 nitrogen and oxygen atoms in total. The van der Waals surface area contributed by atoms with E-state index in [1.54, 1.807) is 6.07 Å². The fourth-order valence-corrected chi connectivity index (χ4v) is 11.4. The van der Waals surface area contributed by atoms with Crippen molar-refractivity contribution in [2.45, 2.75) is 76.0 Å². The van der Waals surface area contributed by atoms with E-state index in [9.17, 15) is 19.5 Å². The van der Waals surface area contributed by atoms with Crippen molar-refractivity contribution < 1.29 is 33.5 Å². The van der Waals surface area contributed by atoms with Gasteiger partial charge in [-0.25, -0.2) is 9.26 Å². The van der Waals surface area contributed by atoms with Crippen LogP contribution in [0.25, 0.3) is 22.5 Å². The topological polar surface area (TPSA) is 176 Å². The quantitative estimate of drug-likeness (QED) is 0.0442. The molecule has 2 amide bonds. The second-order valence-corrected chi connectivity index (χ2v) is 19.3. The molecule has 6 aromatic rings. The van der Waals surface area contributed by atoms with Gasteiger partial charge in [-0.15, -0.1) is 9.32 Å². The number of nitrogens with zero attached hydrogens (tertiary/aromatic N) is 4. The zero-order chi connectivity index (χ0) is 47.2. The van der Waals surface area contributed by atoms with E-state index in [-0.39, 0.29) is 36.9 Å². The number of rotatable bonds is 14. The van der Waals surface area contributed by atoms with Gasteiger partial charge in [0.15, 0.2) is 0 Å². The number of anilines is 1. The van der Waals surface area contributed by atoms with Crippen molar-refractivity contribution in [1.82, 2.24) is 25.0 Å². The zero-order valence-corrected chi connectivity index (χ0v) is 39.3. The standard InChI is InChI=1S/C54H53N7O7S/c1-32-10-12-33(13-11-32)46-31-37(58-61(46)38-16-18-39(19-17-38)69-68-67-55)15-21-47(62)56-22-23-57-53(63)36-14-20-40(54(64)65)43(30-36)48-44-28-34-6-2-24-59-26-4-8-41(49(34)59)51(44)66-52-42-9-5-27-60-25-3-7-35(50(42)60)29-45(48)52/h10-14,16-20,28-31H,2-9,15,21-27,55H2,1H3,(H2-,56,57,62,63,64,65). The van der Waals surface area contributed by atoms with Crippen molar-refractivity contribution in [3.63, 3.8) is 0 Å². The highest BCUT2D eigenvalue weighted by atomic mass is 32.2. The first kappa shape index (κ1) is 44.7. The minimum Gasteiger partial charge on any atom is -0.545 e. The Morgan fingerprint density at radius 3 is 2.38 bits per heavy atom. The van der Waals surface area contributed by atoms with E-state index < -0.39 is 5.97 Å². The van der Waals surface area contributed by atoms with Crippen LogP contribution in [-0.2, 0) is 46.2 Å². The van der Waals surface area contributed by atoms with Crippen LogP contribution in [0.15, 0.2) is 89.8 Å². The first-order valence-corrected chi connectivity index (χ1v) is 24.8. The van der Waals surface area contributed by atoms with E-state index in [0.717, 1.165) is 151 Å². The third kappa shape index (κ3) is 8.58. The lowest BCUT2D eigenvalue weighted by atomic mass is 9.81. The number of aromatic nitrogens is 2. The Hall–Kier alpha value is -6.78. The number of nitrogens with one attached hydrogen (secondary N) is 2. The monoisotopic (exact) mass is 943 g/mol. The SMILES string of the molecule is Cc1ccc(-c2cc(CCC(=O)NCCNC(=O)c3ccc(C(=O)[O-])c(C4=c5cc6c7c(c5Oc5c4cc4c8c5CCCN8CCC4)CCC[N+]=7CCC6)c3)nn2-c2ccc(SOON)cc2)cc1. The summed E-state index contributed by atoms with van der Waals surface area (Å²) in [5.41, 5.74) is 13.2. The average Bonchev–Trinajstić information content (AvgIpc) is 3.80. The van der Waals surface area contributed by atoms with Gasteiger partial charge in [0, 0.05) is 107 Å². The molecule has 0 saturated carbocycles. The molecule has 352 valence electrons. The molecule has 5 aromatic carbocycles. The molecule has 5 aliphatic heterocycles. The lowest BCUT2D eigenvalue weighted by Crippen LogP contribution is -2.45. The lowest BCUT2D eigenvalue weighted by molar-refractivity contribution is -0.255. The number of ether oxygens (including phenoxy) is 1. The number of amides is 2. The number of carboxylic acid groups (broad SMARTS) is 1. The number of fused-ring (bicyclic) bond motifs is 4. The van der Waals surface area contributed by atoms with Crippen molar-refractivity contribution in [3.05, 3.63) is 151 Å². The number of nitrogens with two attached hydrogens (primary N) is 1. The van der Waals surface area contributed by atoms with Crippen molar-refractivity contribution in [1.29, 1.82) is 0 Å². The smallest absolute Gasteiger partial charge is 0.251 e. The number of carbonyl (C=O) groups excluding carboxylic acids is 3. The predicted molar refractivity (Wildman–Crippen MR) is 261 cm³/mol. The molecule has 15 heteroatoms. The fourth-order valence-electron chi connectivity index (χ4n) is 11.1. The first-order valence-electron chi connectivity index (χ1n) is 24.0. The summed E-state index contributed by atoms with van der Waals surface area (Å²) in [6, 6.07) is 27.0. The number of carbonyl (C=O) groups is 3. The third-order valence-corrected chi connectivity index (χ3v) is 14.8. The Labute approximate surface area is 403 Å². The summed E-state index contributed by atoms with van der Waals surface area (Å²) < 4.78 is 16.3. The summed E-state index contributed by atoms with van der Waals surface area (Å²) in [5, 5.41) is 26.0. The summed E-state index contributed by atoms with van der Waals surface area (Å²) in [4.78, 5) is 47.7. The van der Waals surface area contributed by atoms with Gasteiger partial charge < -0.3 is 30.2 Å². The Kier molecular flexibility index (Phi) is 12.3. The van der Waals surface area contributed by atoms with Crippen LogP contribution < -0.4 is 46.4 Å². The van der Waals surface area contributed by atoms with E-state index in [1.807, 2.05) is 54.1 Å². The average molecular weight is 944 g/mol. The van der Waals surface area contributed by atoms with Crippen molar-refractivity contribution >= 4 is 41.1 Å². The Morgan fingerprint density at radius 2 is 1.58 bits per heavy atom. The highest BCUT2D eigenvalue weighted by Gasteiger charge is 2.36. The van der Waals surface area contributed by atoms with Gasteiger partial charge in [0.05, 0.1) is 40.7 Å². The van der Waals surface area contributed by atoms with Crippen LogP contribution in [0.4, 0.5) is 5.69 Å². The number of hydrogen-bond donors (Lipinski definition) is 3. The maximum Gasteiger partial charge on any atom is 0.251 e. The first-order chi connectivity index (χ1) is 33.7. The summed E-state index contributed by atoms with van der Waals surface area (Å²) in [6.45, 7) is 6.45. The number of hydrogen-bond acceptors (Lipinski definition) is 11. The van der Waals surface area contributed by atoms with Gasteiger partial charge in [-0.2, -0.15) is 11.0 Å². The van der Waals surface area contributed by atoms with E-state index in [0.29, 0.717) is 17.5 Å². The van der Waals surface area contributed by atoms with Gasteiger partial charge >= 0.3 is 0 Å². The molecular formula is C54H53N7O7S.